The lowest BCUT2D eigenvalue weighted by molar-refractivity contribution is -0.114. The van der Waals surface area contributed by atoms with E-state index in [2.05, 4.69) is 15.9 Å². The Morgan fingerprint density at radius 2 is 2.12 bits per heavy atom. The Hall–Kier alpha value is -1.20. The van der Waals surface area contributed by atoms with Gasteiger partial charge in [0.2, 0.25) is 0 Å². The number of benzene rings is 1. The Bertz CT molecular complexity index is 459. The summed E-state index contributed by atoms with van der Waals surface area (Å²) in [5.41, 5.74) is 1.12. The number of anilines is 1. The van der Waals surface area contributed by atoms with Crippen molar-refractivity contribution in [2.75, 3.05) is 25.2 Å². The van der Waals surface area contributed by atoms with Gasteiger partial charge in [0.05, 0.1) is 17.9 Å². The van der Waals surface area contributed by atoms with Crippen LogP contribution in [0.15, 0.2) is 22.7 Å². The zero-order chi connectivity index (χ0) is 11.7. The van der Waals surface area contributed by atoms with E-state index in [9.17, 15) is 9.59 Å². The van der Waals surface area contributed by atoms with Gasteiger partial charge in [0, 0.05) is 18.1 Å². The van der Waals surface area contributed by atoms with Gasteiger partial charge in [0.15, 0.2) is 0 Å². The molecule has 1 aromatic carbocycles. The molecule has 0 aromatic heterocycles. The first-order valence-electron chi connectivity index (χ1n) is 4.80. The molecule has 16 heavy (non-hydrogen) atoms. The van der Waals surface area contributed by atoms with Crippen molar-refractivity contribution in [2.24, 2.45) is 0 Å². The molecular formula is C11H10BrNO3. The Morgan fingerprint density at radius 1 is 1.38 bits per heavy atom. The van der Waals surface area contributed by atoms with Gasteiger partial charge in [-0.05, 0) is 18.2 Å². The third-order valence-electron chi connectivity index (χ3n) is 2.45. The van der Waals surface area contributed by atoms with E-state index in [1.807, 2.05) is 0 Å². The Balaban J connectivity index is 2.39. The molecule has 0 unspecified atom stereocenters. The summed E-state index contributed by atoms with van der Waals surface area (Å²) in [5.74, 6) is -0.927. The van der Waals surface area contributed by atoms with Crippen molar-refractivity contribution in [3.63, 3.8) is 0 Å². The van der Waals surface area contributed by atoms with Crippen LogP contribution in [0.1, 0.15) is 10.4 Å². The van der Waals surface area contributed by atoms with E-state index < -0.39 is 11.7 Å². The maximum absolute atomic E-state index is 11.7. The minimum Gasteiger partial charge on any atom is -0.383 e. The minimum atomic E-state index is -0.481. The third-order valence-corrected chi connectivity index (χ3v) is 2.95. The molecular weight excluding hydrogens is 274 g/mol. The van der Waals surface area contributed by atoms with E-state index in [0.29, 0.717) is 24.4 Å². The Labute approximate surface area is 101 Å². The highest BCUT2D eigenvalue weighted by Gasteiger charge is 2.35. The molecule has 0 saturated carbocycles. The number of fused-ring (bicyclic) bond motifs is 1. The SMILES string of the molecule is COCCN1C(=O)C(=O)c2ccc(Br)cc21. The molecule has 1 amide bonds. The summed E-state index contributed by atoms with van der Waals surface area (Å²) in [7, 11) is 1.56. The molecule has 0 aliphatic carbocycles. The van der Waals surface area contributed by atoms with Crippen LogP contribution in [0, 0.1) is 0 Å². The van der Waals surface area contributed by atoms with Crippen LogP contribution in [0.5, 0.6) is 0 Å². The second-order valence-corrected chi connectivity index (χ2v) is 4.36. The number of carbonyl (C=O) groups is 2. The van der Waals surface area contributed by atoms with Crippen LogP contribution in [0.2, 0.25) is 0 Å². The van der Waals surface area contributed by atoms with Crippen molar-refractivity contribution in [3.05, 3.63) is 28.2 Å². The smallest absolute Gasteiger partial charge is 0.299 e. The largest absolute Gasteiger partial charge is 0.383 e. The lowest BCUT2D eigenvalue weighted by atomic mass is 10.1. The van der Waals surface area contributed by atoms with Crippen molar-refractivity contribution in [3.8, 4) is 0 Å². The van der Waals surface area contributed by atoms with Crippen molar-refractivity contribution >= 4 is 33.3 Å². The third kappa shape index (κ3) is 1.76. The summed E-state index contributed by atoms with van der Waals surface area (Å²) in [6.45, 7) is 0.801. The molecule has 0 saturated heterocycles. The highest BCUT2D eigenvalue weighted by molar-refractivity contribution is 9.10. The van der Waals surface area contributed by atoms with Crippen LogP contribution in [-0.2, 0) is 9.53 Å². The van der Waals surface area contributed by atoms with Gasteiger partial charge in [-0.3, -0.25) is 9.59 Å². The molecule has 0 radical (unpaired) electrons. The maximum atomic E-state index is 11.7. The van der Waals surface area contributed by atoms with Crippen LogP contribution in [-0.4, -0.2) is 32.0 Å². The number of rotatable bonds is 3. The second kappa shape index (κ2) is 4.35. The number of amides is 1. The summed E-state index contributed by atoms with van der Waals surface area (Å²) in [6.07, 6.45) is 0. The van der Waals surface area contributed by atoms with E-state index in [0.717, 1.165) is 4.47 Å². The first-order valence-corrected chi connectivity index (χ1v) is 5.59. The molecule has 4 nitrogen and oxygen atoms in total. The first-order chi connectivity index (χ1) is 7.65. The predicted octanol–water partition coefficient (Wildman–Crippen LogP) is 1.62. The quantitative estimate of drug-likeness (QED) is 0.792. The van der Waals surface area contributed by atoms with E-state index in [4.69, 9.17) is 4.74 Å². The van der Waals surface area contributed by atoms with Crippen LogP contribution in [0.4, 0.5) is 5.69 Å². The average Bonchev–Trinajstić information content (AvgIpc) is 2.50. The van der Waals surface area contributed by atoms with Crippen LogP contribution in [0.25, 0.3) is 0 Å². The lowest BCUT2D eigenvalue weighted by Crippen LogP contribution is -2.32. The van der Waals surface area contributed by atoms with E-state index in [1.54, 1.807) is 25.3 Å². The fourth-order valence-corrected chi connectivity index (χ4v) is 2.02. The molecule has 1 heterocycles. The highest BCUT2D eigenvalue weighted by atomic mass is 79.9. The fourth-order valence-electron chi connectivity index (χ4n) is 1.67. The van der Waals surface area contributed by atoms with E-state index in [1.165, 1.54) is 4.90 Å². The van der Waals surface area contributed by atoms with Gasteiger partial charge in [0.25, 0.3) is 11.7 Å². The number of methoxy groups -OCH3 is 1. The van der Waals surface area contributed by atoms with Crippen LogP contribution < -0.4 is 4.90 Å². The topological polar surface area (TPSA) is 46.6 Å². The maximum Gasteiger partial charge on any atom is 0.299 e. The average molecular weight is 284 g/mol. The van der Waals surface area contributed by atoms with Gasteiger partial charge in [-0.25, -0.2) is 0 Å². The molecule has 5 heteroatoms. The summed E-state index contributed by atoms with van der Waals surface area (Å²) in [6, 6.07) is 5.18. The lowest BCUT2D eigenvalue weighted by Gasteiger charge is -2.15. The molecule has 0 fully saturated rings. The summed E-state index contributed by atoms with van der Waals surface area (Å²) >= 11 is 3.32. The van der Waals surface area contributed by atoms with Gasteiger partial charge in [-0.1, -0.05) is 15.9 Å². The molecule has 0 spiro atoms. The summed E-state index contributed by atoms with van der Waals surface area (Å²) in [4.78, 5) is 24.8. The molecule has 0 N–H and O–H groups in total. The van der Waals surface area contributed by atoms with Gasteiger partial charge < -0.3 is 9.64 Å². The summed E-state index contributed by atoms with van der Waals surface area (Å²) < 4.78 is 5.76. The zero-order valence-corrected chi connectivity index (χ0v) is 10.3. The van der Waals surface area contributed by atoms with Crippen molar-refractivity contribution in [1.82, 2.24) is 0 Å². The normalized spacial score (nSPS) is 14.5. The number of hydrogen-bond donors (Lipinski definition) is 0. The minimum absolute atomic E-state index is 0.393. The molecule has 0 atom stereocenters. The Morgan fingerprint density at radius 3 is 2.81 bits per heavy atom. The molecule has 84 valence electrons. The standard InChI is InChI=1S/C11H10BrNO3/c1-16-5-4-13-9-6-7(12)2-3-8(9)10(14)11(13)15/h2-3,6H,4-5H2,1H3. The van der Waals surface area contributed by atoms with Gasteiger partial charge in [-0.15, -0.1) is 0 Å². The number of carbonyl (C=O) groups excluding carboxylic acids is 2. The molecule has 0 bridgehead atoms. The van der Waals surface area contributed by atoms with Crippen molar-refractivity contribution in [2.45, 2.75) is 0 Å². The molecule has 1 aliphatic heterocycles. The molecule has 1 aliphatic rings. The number of hydrogen-bond acceptors (Lipinski definition) is 3. The van der Waals surface area contributed by atoms with E-state index >= 15 is 0 Å². The summed E-state index contributed by atoms with van der Waals surface area (Å²) in [5, 5.41) is 0. The van der Waals surface area contributed by atoms with Crippen molar-refractivity contribution < 1.29 is 14.3 Å². The van der Waals surface area contributed by atoms with Crippen LogP contribution >= 0.6 is 15.9 Å². The van der Waals surface area contributed by atoms with Gasteiger partial charge in [-0.2, -0.15) is 0 Å². The number of ketones is 1. The zero-order valence-electron chi connectivity index (χ0n) is 8.70. The highest BCUT2D eigenvalue weighted by Crippen LogP contribution is 2.31. The number of ether oxygens (including phenoxy) is 1. The fraction of sp³-hybridized carbons (Fsp3) is 0.273. The molecule has 1 aromatic rings. The second-order valence-electron chi connectivity index (χ2n) is 3.44. The van der Waals surface area contributed by atoms with Crippen LogP contribution in [0.3, 0.4) is 0 Å². The van der Waals surface area contributed by atoms with E-state index in [-0.39, 0.29) is 0 Å². The monoisotopic (exact) mass is 283 g/mol. The predicted molar refractivity (Wildman–Crippen MR) is 62.7 cm³/mol. The first kappa shape index (κ1) is 11.3. The van der Waals surface area contributed by atoms with Gasteiger partial charge >= 0.3 is 0 Å². The Kier molecular flexibility index (Phi) is 3.07. The van der Waals surface area contributed by atoms with Gasteiger partial charge in [0.1, 0.15) is 0 Å². The number of Topliss-reactive ketones (excluding diaryl/α,β-unsaturated/α-hetero) is 1. The van der Waals surface area contributed by atoms with Crippen molar-refractivity contribution in [1.29, 1.82) is 0 Å². The number of halogens is 1. The number of nitrogens with zero attached hydrogens (tertiary/aromatic N) is 1. The molecule has 2 rings (SSSR count).